The molecule has 1 aromatic heterocycles. The summed E-state index contributed by atoms with van der Waals surface area (Å²) in [6.07, 6.45) is 1.42. The Labute approximate surface area is 143 Å². The van der Waals surface area contributed by atoms with Crippen molar-refractivity contribution in [1.29, 1.82) is 0 Å². The first-order valence-electron chi connectivity index (χ1n) is 8.11. The third-order valence-electron chi connectivity index (χ3n) is 4.49. The molecular weight excluding hydrogens is 326 g/mol. The molecule has 130 valence electrons. The zero-order valence-electron chi connectivity index (χ0n) is 14.3. The molecule has 24 heavy (non-hydrogen) atoms. The number of nitrogens with zero attached hydrogens (tertiary/aromatic N) is 3. The average molecular weight is 349 g/mol. The molecule has 3 rings (SSSR count). The van der Waals surface area contributed by atoms with Gasteiger partial charge in [-0.1, -0.05) is 18.2 Å². The summed E-state index contributed by atoms with van der Waals surface area (Å²) in [5.74, 6) is 0.831. The van der Waals surface area contributed by atoms with E-state index in [-0.39, 0.29) is 6.10 Å². The third kappa shape index (κ3) is 3.18. The zero-order chi connectivity index (χ0) is 17.3. The molecule has 6 nitrogen and oxygen atoms in total. The van der Waals surface area contributed by atoms with Crippen LogP contribution in [0.5, 0.6) is 5.75 Å². The Balaban J connectivity index is 1.70. The number of hydrogen-bond acceptors (Lipinski definition) is 4. The number of para-hydroxylation sites is 1. The Hall–Kier alpha value is -1.86. The molecule has 0 atom stereocenters. The highest BCUT2D eigenvalue weighted by molar-refractivity contribution is 7.89. The van der Waals surface area contributed by atoms with Crippen LogP contribution in [0.25, 0.3) is 0 Å². The van der Waals surface area contributed by atoms with Gasteiger partial charge in [-0.25, -0.2) is 8.42 Å². The summed E-state index contributed by atoms with van der Waals surface area (Å²) in [5.41, 5.74) is 1.23. The second-order valence-electron chi connectivity index (χ2n) is 6.16. The molecular formula is C17H23N3O3S. The minimum atomic E-state index is -3.50. The van der Waals surface area contributed by atoms with E-state index in [9.17, 15) is 8.42 Å². The van der Waals surface area contributed by atoms with Crippen LogP contribution in [-0.2, 0) is 17.1 Å². The molecule has 0 amide bonds. The number of aryl methyl sites for hydroxylation is 2. The first-order valence-corrected chi connectivity index (χ1v) is 9.55. The van der Waals surface area contributed by atoms with Gasteiger partial charge in [0.05, 0.1) is 11.4 Å². The molecule has 1 aliphatic heterocycles. The van der Waals surface area contributed by atoms with Crippen molar-refractivity contribution in [3.8, 4) is 5.75 Å². The van der Waals surface area contributed by atoms with Gasteiger partial charge in [-0.3, -0.25) is 4.68 Å². The van der Waals surface area contributed by atoms with Crippen molar-refractivity contribution in [2.75, 3.05) is 13.1 Å². The summed E-state index contributed by atoms with van der Waals surface area (Å²) in [6, 6.07) is 9.66. The van der Waals surface area contributed by atoms with Gasteiger partial charge < -0.3 is 4.74 Å². The maximum atomic E-state index is 12.9. The van der Waals surface area contributed by atoms with E-state index in [2.05, 4.69) is 5.10 Å². The van der Waals surface area contributed by atoms with Crippen LogP contribution in [0, 0.1) is 13.8 Å². The van der Waals surface area contributed by atoms with E-state index >= 15 is 0 Å². The van der Waals surface area contributed by atoms with Gasteiger partial charge in [0.25, 0.3) is 0 Å². The maximum absolute atomic E-state index is 12.9. The van der Waals surface area contributed by atoms with Gasteiger partial charge in [-0.05, 0) is 38.8 Å². The van der Waals surface area contributed by atoms with Crippen LogP contribution in [0.2, 0.25) is 0 Å². The van der Waals surface area contributed by atoms with Crippen LogP contribution in [-0.4, -0.2) is 41.7 Å². The molecule has 0 bridgehead atoms. The summed E-state index contributed by atoms with van der Waals surface area (Å²) in [7, 11) is -1.74. The van der Waals surface area contributed by atoms with Crippen LogP contribution in [0.15, 0.2) is 35.2 Å². The normalized spacial score (nSPS) is 17.1. The summed E-state index contributed by atoms with van der Waals surface area (Å²) in [6.45, 7) is 4.46. The van der Waals surface area contributed by atoms with Crippen molar-refractivity contribution in [1.82, 2.24) is 14.1 Å². The number of benzene rings is 1. The summed E-state index contributed by atoms with van der Waals surface area (Å²) < 4.78 is 35.0. The van der Waals surface area contributed by atoms with Crippen molar-refractivity contribution < 1.29 is 13.2 Å². The van der Waals surface area contributed by atoms with Gasteiger partial charge in [-0.15, -0.1) is 0 Å². The van der Waals surface area contributed by atoms with E-state index in [1.807, 2.05) is 30.3 Å². The van der Waals surface area contributed by atoms with Gasteiger partial charge in [0.1, 0.15) is 16.7 Å². The predicted octanol–water partition coefficient (Wildman–Crippen LogP) is 2.27. The van der Waals surface area contributed by atoms with Gasteiger partial charge in [0, 0.05) is 20.1 Å². The van der Waals surface area contributed by atoms with Gasteiger partial charge in [0.2, 0.25) is 10.0 Å². The highest BCUT2D eigenvalue weighted by Gasteiger charge is 2.33. The number of sulfonamides is 1. The molecule has 7 heteroatoms. The molecule has 1 aromatic carbocycles. The first-order chi connectivity index (χ1) is 11.4. The van der Waals surface area contributed by atoms with Crippen molar-refractivity contribution in [3.05, 3.63) is 41.7 Å². The first kappa shape index (κ1) is 17.0. The minimum Gasteiger partial charge on any atom is -0.490 e. The van der Waals surface area contributed by atoms with Gasteiger partial charge in [0.15, 0.2) is 0 Å². The number of aromatic nitrogens is 2. The number of piperidine rings is 1. The second kappa shape index (κ2) is 6.57. The van der Waals surface area contributed by atoms with Crippen molar-refractivity contribution in [3.63, 3.8) is 0 Å². The number of hydrogen-bond donors (Lipinski definition) is 0. The van der Waals surface area contributed by atoms with Gasteiger partial charge in [-0.2, -0.15) is 9.40 Å². The quantitative estimate of drug-likeness (QED) is 0.849. The van der Waals surface area contributed by atoms with E-state index in [0.717, 1.165) is 5.75 Å². The summed E-state index contributed by atoms with van der Waals surface area (Å²) in [5, 5.41) is 4.23. The third-order valence-corrected chi connectivity index (χ3v) is 6.64. The van der Waals surface area contributed by atoms with Crippen LogP contribution < -0.4 is 4.74 Å². The lowest BCUT2D eigenvalue weighted by Crippen LogP contribution is -2.42. The highest BCUT2D eigenvalue weighted by Crippen LogP contribution is 2.27. The smallest absolute Gasteiger partial charge is 0.246 e. The maximum Gasteiger partial charge on any atom is 0.246 e. The standard InChI is InChI=1S/C17H23N3O3S/c1-13-17(14(2)19(3)18-13)24(21,22)20-11-9-16(10-12-20)23-15-7-5-4-6-8-15/h4-8,16H,9-12H2,1-3H3. The zero-order valence-corrected chi connectivity index (χ0v) is 15.1. The van der Waals surface area contributed by atoms with E-state index < -0.39 is 10.0 Å². The molecule has 0 saturated carbocycles. The Morgan fingerprint density at radius 3 is 2.29 bits per heavy atom. The van der Waals surface area contributed by atoms with Crippen molar-refractivity contribution in [2.24, 2.45) is 7.05 Å². The van der Waals surface area contributed by atoms with E-state index in [4.69, 9.17) is 4.74 Å². The molecule has 0 unspecified atom stereocenters. The van der Waals surface area contributed by atoms with Crippen LogP contribution in [0.1, 0.15) is 24.2 Å². The molecule has 0 spiro atoms. The Bertz CT molecular complexity index is 807. The second-order valence-corrected chi connectivity index (χ2v) is 8.03. The largest absolute Gasteiger partial charge is 0.490 e. The fourth-order valence-electron chi connectivity index (χ4n) is 3.14. The molecule has 0 N–H and O–H groups in total. The Morgan fingerprint density at radius 1 is 1.12 bits per heavy atom. The Morgan fingerprint density at radius 2 is 1.75 bits per heavy atom. The molecule has 0 aliphatic carbocycles. The van der Waals surface area contributed by atoms with E-state index in [1.165, 1.54) is 0 Å². The topological polar surface area (TPSA) is 64.4 Å². The Kier molecular flexibility index (Phi) is 4.64. The molecule has 1 aliphatic rings. The summed E-state index contributed by atoms with van der Waals surface area (Å²) in [4.78, 5) is 0.340. The van der Waals surface area contributed by atoms with Crippen molar-refractivity contribution in [2.45, 2.75) is 37.7 Å². The fraction of sp³-hybridized carbons (Fsp3) is 0.471. The van der Waals surface area contributed by atoms with Crippen molar-refractivity contribution >= 4 is 10.0 Å². The summed E-state index contributed by atoms with van der Waals surface area (Å²) >= 11 is 0. The molecule has 0 radical (unpaired) electrons. The monoisotopic (exact) mass is 349 g/mol. The number of ether oxygens (including phenoxy) is 1. The lowest BCUT2D eigenvalue weighted by molar-refractivity contribution is 0.135. The molecule has 2 aromatic rings. The molecule has 2 heterocycles. The SMILES string of the molecule is Cc1nn(C)c(C)c1S(=O)(=O)N1CCC(Oc2ccccc2)CC1. The number of rotatable bonds is 4. The molecule has 1 saturated heterocycles. The average Bonchev–Trinajstić information content (AvgIpc) is 2.82. The van der Waals surface area contributed by atoms with Gasteiger partial charge >= 0.3 is 0 Å². The lowest BCUT2D eigenvalue weighted by Gasteiger charge is -2.31. The lowest BCUT2D eigenvalue weighted by atomic mass is 10.1. The molecule has 1 fully saturated rings. The fourth-order valence-corrected chi connectivity index (χ4v) is 5.01. The van der Waals surface area contributed by atoms with Crippen LogP contribution in [0.4, 0.5) is 0 Å². The van der Waals surface area contributed by atoms with E-state index in [1.54, 1.807) is 29.9 Å². The van der Waals surface area contributed by atoms with Crippen LogP contribution in [0.3, 0.4) is 0 Å². The minimum absolute atomic E-state index is 0.0509. The highest BCUT2D eigenvalue weighted by atomic mass is 32.2. The van der Waals surface area contributed by atoms with Crippen LogP contribution >= 0.6 is 0 Å². The van der Waals surface area contributed by atoms with E-state index in [0.29, 0.717) is 42.2 Å². The predicted molar refractivity (Wildman–Crippen MR) is 91.5 cm³/mol.